The molecule has 0 radical (unpaired) electrons. The molecule has 5 heteroatoms. The lowest BCUT2D eigenvalue weighted by Gasteiger charge is -2.25. The van der Waals surface area contributed by atoms with Crippen molar-refractivity contribution in [2.45, 2.75) is 25.3 Å². The molecular formula is C16H16FN3O. The fraction of sp³-hybridized carbons (Fsp3) is 0.250. The zero-order valence-corrected chi connectivity index (χ0v) is 11.5. The van der Waals surface area contributed by atoms with Crippen LogP contribution in [0.3, 0.4) is 0 Å². The van der Waals surface area contributed by atoms with Gasteiger partial charge in [0.1, 0.15) is 0 Å². The van der Waals surface area contributed by atoms with Crippen molar-refractivity contribution in [3.05, 3.63) is 59.0 Å². The molecule has 0 fully saturated rings. The van der Waals surface area contributed by atoms with Crippen LogP contribution in [-0.4, -0.2) is 16.9 Å². The molecule has 1 aliphatic rings. The summed E-state index contributed by atoms with van der Waals surface area (Å²) in [5.41, 5.74) is 7.90. The summed E-state index contributed by atoms with van der Waals surface area (Å²) >= 11 is 0. The van der Waals surface area contributed by atoms with E-state index in [1.165, 1.54) is 23.4 Å². The first-order valence-corrected chi connectivity index (χ1v) is 6.93. The second-order valence-electron chi connectivity index (χ2n) is 5.24. The first-order valence-electron chi connectivity index (χ1n) is 6.93. The molecule has 1 unspecified atom stereocenters. The summed E-state index contributed by atoms with van der Waals surface area (Å²) < 4.78 is 13.8. The first-order chi connectivity index (χ1) is 10.1. The third-order valence-electron chi connectivity index (χ3n) is 3.84. The van der Waals surface area contributed by atoms with Gasteiger partial charge in [0, 0.05) is 12.2 Å². The van der Waals surface area contributed by atoms with Crippen molar-refractivity contribution in [1.82, 2.24) is 10.3 Å². The predicted molar refractivity (Wildman–Crippen MR) is 78.3 cm³/mol. The lowest BCUT2D eigenvalue weighted by Crippen LogP contribution is -2.39. The molecule has 0 saturated carbocycles. The van der Waals surface area contributed by atoms with Crippen LogP contribution >= 0.6 is 0 Å². The zero-order chi connectivity index (χ0) is 14.8. The van der Waals surface area contributed by atoms with Crippen LogP contribution in [0.25, 0.3) is 0 Å². The van der Waals surface area contributed by atoms with Crippen molar-refractivity contribution in [2.24, 2.45) is 0 Å². The van der Waals surface area contributed by atoms with E-state index < -0.39 is 11.7 Å². The third-order valence-corrected chi connectivity index (χ3v) is 3.84. The highest BCUT2D eigenvalue weighted by Gasteiger charge is 2.22. The summed E-state index contributed by atoms with van der Waals surface area (Å²) in [6, 6.07) is 9.55. The number of rotatable bonds is 2. The molecule has 1 aliphatic carbocycles. The maximum atomic E-state index is 13.8. The summed E-state index contributed by atoms with van der Waals surface area (Å²) in [4.78, 5) is 15.8. The normalized spacial score (nSPS) is 17.1. The molecule has 1 amide bonds. The van der Waals surface area contributed by atoms with Crippen LogP contribution in [0.2, 0.25) is 0 Å². The number of fused-ring (bicyclic) bond motifs is 1. The zero-order valence-electron chi connectivity index (χ0n) is 11.5. The number of amides is 1. The molecule has 3 rings (SSSR count). The molecule has 0 bridgehead atoms. The summed E-state index contributed by atoms with van der Waals surface area (Å²) in [6.07, 6.45) is 3.88. The van der Waals surface area contributed by atoms with Crippen LogP contribution in [-0.2, 0) is 12.8 Å². The number of nitrogens with one attached hydrogen (secondary N) is 1. The second-order valence-corrected chi connectivity index (χ2v) is 5.24. The number of benzene rings is 1. The molecule has 1 atom stereocenters. The van der Waals surface area contributed by atoms with Crippen LogP contribution in [0.4, 0.5) is 10.2 Å². The van der Waals surface area contributed by atoms with Gasteiger partial charge in [0.15, 0.2) is 11.6 Å². The topological polar surface area (TPSA) is 68.0 Å². The van der Waals surface area contributed by atoms with E-state index >= 15 is 0 Å². The standard InChI is InChI=1S/C16H16FN3O/c17-14-13(7-8-19-15(14)18)16(21)20-12-6-5-10-3-1-2-4-11(10)9-12/h1-4,7-8,12H,5-6,9H2,(H2,18,19)(H,20,21). The van der Waals surface area contributed by atoms with E-state index in [9.17, 15) is 9.18 Å². The number of nitrogens with zero attached hydrogens (tertiary/aromatic N) is 1. The average Bonchev–Trinajstić information content (AvgIpc) is 2.50. The Morgan fingerprint density at radius 2 is 2.05 bits per heavy atom. The van der Waals surface area contributed by atoms with Crippen LogP contribution in [0.1, 0.15) is 27.9 Å². The maximum absolute atomic E-state index is 13.8. The third kappa shape index (κ3) is 2.72. The number of aryl methyl sites for hydroxylation is 1. The number of hydrogen-bond donors (Lipinski definition) is 2. The summed E-state index contributed by atoms with van der Waals surface area (Å²) in [7, 11) is 0. The minimum atomic E-state index is -0.758. The van der Waals surface area contributed by atoms with E-state index in [4.69, 9.17) is 5.73 Å². The monoisotopic (exact) mass is 285 g/mol. The summed E-state index contributed by atoms with van der Waals surface area (Å²) in [5.74, 6) is -1.45. The van der Waals surface area contributed by atoms with E-state index in [0.717, 1.165) is 19.3 Å². The Bertz CT molecular complexity index is 687. The van der Waals surface area contributed by atoms with Crippen molar-refractivity contribution in [1.29, 1.82) is 0 Å². The highest BCUT2D eigenvalue weighted by molar-refractivity contribution is 5.95. The van der Waals surface area contributed by atoms with Crippen molar-refractivity contribution in [3.63, 3.8) is 0 Å². The van der Waals surface area contributed by atoms with Crippen LogP contribution in [0.15, 0.2) is 36.5 Å². The predicted octanol–water partition coefficient (Wildman–Crippen LogP) is 2.09. The first kappa shape index (κ1) is 13.5. The van der Waals surface area contributed by atoms with E-state index in [-0.39, 0.29) is 17.4 Å². The highest BCUT2D eigenvalue weighted by atomic mass is 19.1. The van der Waals surface area contributed by atoms with Gasteiger partial charge in [-0.3, -0.25) is 4.79 Å². The number of carbonyl (C=O) groups is 1. The van der Waals surface area contributed by atoms with E-state index in [1.807, 2.05) is 12.1 Å². The number of hydrogen-bond acceptors (Lipinski definition) is 3. The largest absolute Gasteiger partial charge is 0.381 e. The van der Waals surface area contributed by atoms with Gasteiger partial charge in [-0.05, 0) is 36.5 Å². The van der Waals surface area contributed by atoms with Gasteiger partial charge in [-0.25, -0.2) is 9.37 Å². The minimum absolute atomic E-state index is 0.0150. The number of halogens is 1. The fourth-order valence-electron chi connectivity index (χ4n) is 2.72. The Labute approximate surface area is 122 Å². The number of nitrogen functional groups attached to an aromatic ring is 1. The lowest BCUT2D eigenvalue weighted by atomic mass is 9.88. The van der Waals surface area contributed by atoms with Gasteiger partial charge in [-0.1, -0.05) is 24.3 Å². The average molecular weight is 285 g/mol. The molecule has 0 saturated heterocycles. The Morgan fingerprint density at radius 3 is 2.86 bits per heavy atom. The van der Waals surface area contributed by atoms with Gasteiger partial charge in [-0.15, -0.1) is 0 Å². The quantitative estimate of drug-likeness (QED) is 0.887. The SMILES string of the molecule is Nc1nccc(C(=O)NC2CCc3ccccc3C2)c1F. The van der Waals surface area contributed by atoms with Gasteiger partial charge >= 0.3 is 0 Å². The summed E-state index contributed by atoms with van der Waals surface area (Å²) in [6.45, 7) is 0. The fourth-order valence-corrected chi connectivity index (χ4v) is 2.72. The number of nitrogens with two attached hydrogens (primary N) is 1. The van der Waals surface area contributed by atoms with Crippen LogP contribution in [0, 0.1) is 5.82 Å². The molecule has 108 valence electrons. The van der Waals surface area contributed by atoms with Crippen molar-refractivity contribution in [2.75, 3.05) is 5.73 Å². The van der Waals surface area contributed by atoms with Crippen LogP contribution < -0.4 is 11.1 Å². The molecule has 21 heavy (non-hydrogen) atoms. The van der Waals surface area contributed by atoms with Gasteiger partial charge in [0.2, 0.25) is 0 Å². The van der Waals surface area contributed by atoms with Crippen LogP contribution in [0.5, 0.6) is 0 Å². The summed E-state index contributed by atoms with van der Waals surface area (Å²) in [5, 5.41) is 2.88. The Morgan fingerprint density at radius 1 is 1.29 bits per heavy atom. The van der Waals surface area contributed by atoms with Crippen molar-refractivity contribution < 1.29 is 9.18 Å². The second kappa shape index (κ2) is 5.52. The van der Waals surface area contributed by atoms with Crippen molar-refractivity contribution in [3.8, 4) is 0 Å². The van der Waals surface area contributed by atoms with Crippen molar-refractivity contribution >= 4 is 11.7 Å². The van der Waals surface area contributed by atoms with E-state index in [1.54, 1.807) is 0 Å². The smallest absolute Gasteiger partial charge is 0.254 e. The Hall–Kier alpha value is -2.43. The minimum Gasteiger partial charge on any atom is -0.381 e. The van der Waals surface area contributed by atoms with Gasteiger partial charge in [-0.2, -0.15) is 0 Å². The van der Waals surface area contributed by atoms with Gasteiger partial charge in [0.25, 0.3) is 5.91 Å². The highest BCUT2D eigenvalue weighted by Crippen LogP contribution is 2.21. The Balaban J connectivity index is 1.73. The number of carbonyl (C=O) groups excluding carboxylic acids is 1. The molecule has 2 aromatic rings. The molecule has 1 aromatic carbocycles. The van der Waals surface area contributed by atoms with Gasteiger partial charge < -0.3 is 11.1 Å². The van der Waals surface area contributed by atoms with E-state index in [2.05, 4.69) is 22.4 Å². The molecule has 0 aliphatic heterocycles. The molecule has 0 spiro atoms. The maximum Gasteiger partial charge on any atom is 0.254 e. The molecule has 1 heterocycles. The molecule has 1 aromatic heterocycles. The molecule has 3 N–H and O–H groups in total. The lowest BCUT2D eigenvalue weighted by molar-refractivity contribution is 0.0929. The number of pyridine rings is 1. The Kier molecular flexibility index (Phi) is 3.56. The number of anilines is 1. The molecule has 4 nitrogen and oxygen atoms in total. The van der Waals surface area contributed by atoms with E-state index in [0.29, 0.717) is 0 Å². The van der Waals surface area contributed by atoms with Gasteiger partial charge in [0.05, 0.1) is 5.56 Å². The molecular weight excluding hydrogens is 269 g/mol. The number of aromatic nitrogens is 1.